The van der Waals surface area contributed by atoms with Gasteiger partial charge < -0.3 is 4.90 Å². The number of pyridine rings is 1. The maximum Gasteiger partial charge on any atom is 0.201 e. The smallest absolute Gasteiger partial charge is 0.201 e. The number of nitrogens with zero attached hydrogens (tertiary/aromatic N) is 2. The molecule has 0 bridgehead atoms. The van der Waals surface area contributed by atoms with Crippen LogP contribution in [0, 0.1) is 0 Å². The molecule has 0 unspecified atom stereocenters. The van der Waals surface area contributed by atoms with Gasteiger partial charge in [0.1, 0.15) is 5.15 Å². The Hall–Kier alpha value is -1.000. The van der Waals surface area contributed by atoms with Crippen LogP contribution in [0.4, 0.5) is 5.69 Å². The van der Waals surface area contributed by atoms with E-state index >= 15 is 0 Å². The summed E-state index contributed by atoms with van der Waals surface area (Å²) in [5.74, 6) is -0.400. The molecule has 0 amide bonds. The van der Waals surface area contributed by atoms with Crippen LogP contribution in [-0.4, -0.2) is 24.9 Å². The van der Waals surface area contributed by atoms with Gasteiger partial charge in [-0.05, 0) is 18.2 Å². The average Bonchev–Trinajstić information content (AvgIpc) is 2.36. The third kappa shape index (κ3) is 3.27. The molecule has 2 aromatic rings. The van der Waals surface area contributed by atoms with Crippen molar-refractivity contribution in [3.05, 3.63) is 55.7 Å². The molecule has 0 saturated carbocycles. The van der Waals surface area contributed by atoms with Gasteiger partial charge in [0.25, 0.3) is 0 Å². The second-order valence-electron chi connectivity index (χ2n) is 4.46. The molecule has 7 heteroatoms. The van der Waals surface area contributed by atoms with E-state index in [1.54, 1.807) is 25.1 Å². The van der Waals surface area contributed by atoms with Gasteiger partial charge in [-0.1, -0.05) is 46.4 Å². The summed E-state index contributed by atoms with van der Waals surface area (Å²) in [5.41, 5.74) is 1.03. The van der Waals surface area contributed by atoms with Gasteiger partial charge in [-0.3, -0.25) is 4.79 Å². The van der Waals surface area contributed by atoms with Gasteiger partial charge in [0.15, 0.2) is 0 Å². The third-order valence-corrected chi connectivity index (χ3v) is 3.93. The molecule has 0 radical (unpaired) electrons. The number of rotatable bonds is 3. The average molecular weight is 364 g/mol. The van der Waals surface area contributed by atoms with Crippen molar-refractivity contribution in [2.24, 2.45) is 0 Å². The highest BCUT2D eigenvalue weighted by atomic mass is 35.5. The van der Waals surface area contributed by atoms with Crippen molar-refractivity contribution in [3.63, 3.8) is 0 Å². The lowest BCUT2D eigenvalue weighted by atomic mass is 10.0. The molecule has 1 aromatic heterocycles. The topological polar surface area (TPSA) is 33.2 Å². The summed E-state index contributed by atoms with van der Waals surface area (Å²) in [6.07, 6.45) is 1.53. The summed E-state index contributed by atoms with van der Waals surface area (Å²) in [7, 11) is 3.60. The van der Waals surface area contributed by atoms with Crippen molar-refractivity contribution >= 4 is 57.9 Å². The standard InChI is InChI=1S/C14H10Cl4N2O/c1-20(2)10-3-4-19-14(18)12(10)13(21)11-8(16)5-7(15)6-9(11)17/h3-6H,1-2H3. The normalized spacial score (nSPS) is 10.6. The first-order valence-electron chi connectivity index (χ1n) is 5.84. The number of halogens is 4. The number of carbonyl (C=O) groups excluding carboxylic acids is 1. The fourth-order valence-electron chi connectivity index (χ4n) is 1.89. The van der Waals surface area contributed by atoms with Crippen molar-refractivity contribution in [3.8, 4) is 0 Å². The second-order valence-corrected chi connectivity index (χ2v) is 6.07. The van der Waals surface area contributed by atoms with E-state index in [-0.39, 0.29) is 26.3 Å². The Balaban J connectivity index is 2.67. The molecule has 110 valence electrons. The summed E-state index contributed by atoms with van der Waals surface area (Å²) in [6.45, 7) is 0. The maximum absolute atomic E-state index is 12.8. The summed E-state index contributed by atoms with van der Waals surface area (Å²) in [4.78, 5) is 18.5. The van der Waals surface area contributed by atoms with Crippen molar-refractivity contribution in [1.29, 1.82) is 0 Å². The zero-order valence-corrected chi connectivity index (χ0v) is 14.1. The van der Waals surface area contributed by atoms with Gasteiger partial charge in [-0.25, -0.2) is 4.98 Å². The molecule has 0 aliphatic rings. The lowest BCUT2D eigenvalue weighted by molar-refractivity contribution is 0.103. The Bertz CT molecular complexity index is 693. The van der Waals surface area contributed by atoms with E-state index in [0.29, 0.717) is 10.7 Å². The lowest BCUT2D eigenvalue weighted by Gasteiger charge is -2.18. The molecule has 1 heterocycles. The molecule has 1 aromatic carbocycles. The first-order valence-corrected chi connectivity index (χ1v) is 7.35. The van der Waals surface area contributed by atoms with E-state index in [4.69, 9.17) is 46.4 Å². The molecule has 3 nitrogen and oxygen atoms in total. The second kappa shape index (κ2) is 6.41. The number of hydrogen-bond donors (Lipinski definition) is 0. The van der Waals surface area contributed by atoms with E-state index in [1.165, 1.54) is 18.3 Å². The first kappa shape index (κ1) is 16.4. The third-order valence-electron chi connectivity index (χ3n) is 2.83. The van der Waals surface area contributed by atoms with Gasteiger partial charge in [0, 0.05) is 25.3 Å². The molecule has 21 heavy (non-hydrogen) atoms. The largest absolute Gasteiger partial charge is 0.377 e. The van der Waals surface area contributed by atoms with E-state index in [2.05, 4.69) is 4.98 Å². The minimum absolute atomic E-state index is 0.0910. The van der Waals surface area contributed by atoms with Gasteiger partial charge in [0.2, 0.25) is 5.78 Å². The van der Waals surface area contributed by atoms with Crippen LogP contribution in [0.25, 0.3) is 0 Å². The first-order chi connectivity index (χ1) is 9.82. The quantitative estimate of drug-likeness (QED) is 0.568. The van der Waals surface area contributed by atoms with Crippen LogP contribution in [0.5, 0.6) is 0 Å². The van der Waals surface area contributed by atoms with Gasteiger partial charge in [0.05, 0.1) is 26.9 Å². The van der Waals surface area contributed by atoms with Crippen LogP contribution in [0.1, 0.15) is 15.9 Å². The zero-order valence-electron chi connectivity index (χ0n) is 11.1. The van der Waals surface area contributed by atoms with Gasteiger partial charge >= 0.3 is 0 Å². The Morgan fingerprint density at radius 3 is 2.14 bits per heavy atom. The predicted molar refractivity (Wildman–Crippen MR) is 88.5 cm³/mol. The molecule has 0 aliphatic heterocycles. The molecule has 0 fully saturated rings. The molecule has 0 spiro atoms. The van der Waals surface area contributed by atoms with Crippen molar-refractivity contribution in [1.82, 2.24) is 4.98 Å². The Morgan fingerprint density at radius 1 is 1.05 bits per heavy atom. The summed E-state index contributed by atoms with van der Waals surface area (Å²) >= 11 is 24.1. The molecule has 0 atom stereocenters. The van der Waals surface area contributed by atoms with Crippen LogP contribution in [0.15, 0.2) is 24.4 Å². The number of carbonyl (C=O) groups is 1. The van der Waals surface area contributed by atoms with Crippen LogP contribution >= 0.6 is 46.4 Å². The Morgan fingerprint density at radius 2 is 1.62 bits per heavy atom. The highest BCUT2D eigenvalue weighted by molar-refractivity contribution is 6.44. The maximum atomic E-state index is 12.8. The molecular formula is C14H10Cl4N2O. The van der Waals surface area contributed by atoms with Gasteiger partial charge in [-0.15, -0.1) is 0 Å². The van der Waals surface area contributed by atoms with Crippen molar-refractivity contribution in [2.45, 2.75) is 0 Å². The number of aromatic nitrogens is 1. The van der Waals surface area contributed by atoms with Crippen LogP contribution < -0.4 is 4.90 Å². The number of anilines is 1. The summed E-state index contributed by atoms with van der Waals surface area (Å²) < 4.78 is 0. The van der Waals surface area contributed by atoms with E-state index in [9.17, 15) is 4.79 Å². The van der Waals surface area contributed by atoms with Crippen molar-refractivity contribution < 1.29 is 4.79 Å². The SMILES string of the molecule is CN(C)c1ccnc(Cl)c1C(=O)c1c(Cl)cc(Cl)cc1Cl. The minimum atomic E-state index is -0.400. The van der Waals surface area contributed by atoms with E-state index < -0.39 is 5.78 Å². The van der Waals surface area contributed by atoms with E-state index in [1.807, 2.05) is 0 Å². The molecule has 0 aliphatic carbocycles. The molecular weight excluding hydrogens is 354 g/mol. The van der Waals surface area contributed by atoms with Crippen molar-refractivity contribution in [2.75, 3.05) is 19.0 Å². The summed E-state index contributed by atoms with van der Waals surface area (Å²) in [6, 6.07) is 4.61. The van der Waals surface area contributed by atoms with E-state index in [0.717, 1.165) is 0 Å². The number of hydrogen-bond acceptors (Lipinski definition) is 3. The molecule has 0 N–H and O–H groups in total. The fourth-order valence-corrected chi connectivity index (χ4v) is 3.12. The van der Waals surface area contributed by atoms with Crippen LogP contribution in [0.3, 0.4) is 0 Å². The number of ketones is 1. The molecule has 2 rings (SSSR count). The highest BCUT2D eigenvalue weighted by Crippen LogP contribution is 2.34. The Labute approximate surface area is 142 Å². The highest BCUT2D eigenvalue weighted by Gasteiger charge is 2.24. The minimum Gasteiger partial charge on any atom is -0.377 e. The number of benzene rings is 1. The molecule has 0 saturated heterocycles. The monoisotopic (exact) mass is 362 g/mol. The van der Waals surface area contributed by atoms with Gasteiger partial charge in [-0.2, -0.15) is 0 Å². The zero-order chi connectivity index (χ0) is 15.7. The Kier molecular flexibility index (Phi) is 4.99. The van der Waals surface area contributed by atoms with Crippen LogP contribution in [-0.2, 0) is 0 Å². The summed E-state index contributed by atoms with van der Waals surface area (Å²) in [5, 5.41) is 0.782. The fraction of sp³-hybridized carbons (Fsp3) is 0.143. The lowest BCUT2D eigenvalue weighted by Crippen LogP contribution is -2.16. The van der Waals surface area contributed by atoms with Crippen LogP contribution in [0.2, 0.25) is 20.2 Å². The predicted octanol–water partition coefficient (Wildman–Crippen LogP) is 4.99.